The molecule has 0 heterocycles. The molecule has 0 radical (unpaired) electrons. The Hall–Kier alpha value is -2.29. The van der Waals surface area contributed by atoms with Gasteiger partial charge < -0.3 is 18.9 Å². The van der Waals surface area contributed by atoms with Crippen LogP contribution in [0.3, 0.4) is 0 Å². The number of ketones is 2. The summed E-state index contributed by atoms with van der Waals surface area (Å²) in [5.41, 5.74) is 3.76. The van der Waals surface area contributed by atoms with Crippen LogP contribution in [0.25, 0.3) is 0 Å². The van der Waals surface area contributed by atoms with Crippen molar-refractivity contribution in [3.63, 3.8) is 0 Å². The van der Waals surface area contributed by atoms with E-state index in [0.717, 1.165) is 47.9 Å². The molecular weight excluding hydrogens is 655 g/mol. The Morgan fingerprint density at radius 3 is 1.58 bits per heavy atom. The summed E-state index contributed by atoms with van der Waals surface area (Å²) in [5.74, 6) is 3.29. The van der Waals surface area contributed by atoms with Crippen LogP contribution in [0.2, 0.25) is 0 Å². The van der Waals surface area contributed by atoms with Crippen molar-refractivity contribution in [3.8, 4) is 23.0 Å². The highest BCUT2D eigenvalue weighted by molar-refractivity contribution is 14.1. The molecule has 2 aliphatic carbocycles. The second-order valence-corrected chi connectivity index (χ2v) is 10.9. The first-order chi connectivity index (χ1) is 18.9. The number of carbonyl (C=O) groups is 2. The van der Waals surface area contributed by atoms with Gasteiger partial charge in [0, 0.05) is 23.5 Å². The number of aryl methyl sites for hydroxylation is 1. The normalized spacial score (nSPS) is 13.5. The predicted octanol–water partition coefficient (Wildman–Crippen LogP) is 10.6. The minimum Gasteiger partial charge on any atom is -0.493 e. The van der Waals surface area contributed by atoms with Crippen molar-refractivity contribution in [2.75, 3.05) is 32.9 Å². The van der Waals surface area contributed by atoms with E-state index in [9.17, 15) is 9.59 Å². The van der Waals surface area contributed by atoms with Gasteiger partial charge in [0.2, 0.25) is 0 Å². The van der Waals surface area contributed by atoms with Gasteiger partial charge in [-0.3, -0.25) is 9.59 Å². The highest BCUT2D eigenvalue weighted by Crippen LogP contribution is 2.38. The Kier molecular flexibility index (Phi) is 25.3. The van der Waals surface area contributed by atoms with Crippen LogP contribution in [-0.4, -0.2) is 44.4 Å². The lowest BCUT2D eigenvalue weighted by atomic mass is 9.97. The number of hydrogen-bond acceptors (Lipinski definition) is 6. The van der Waals surface area contributed by atoms with Gasteiger partial charge in [-0.15, -0.1) is 0 Å². The maximum atomic E-state index is 12.4. The molecule has 0 N–H and O–H groups in total. The summed E-state index contributed by atoms with van der Waals surface area (Å²) < 4.78 is 22.2. The first kappa shape index (κ1) is 45.1. The molecule has 6 nitrogen and oxygen atoms in total. The number of halogens is 1. The fourth-order valence-electron chi connectivity index (χ4n) is 4.89. The van der Waals surface area contributed by atoms with Gasteiger partial charge in [-0.1, -0.05) is 98.2 Å². The Balaban J connectivity index is -0.000000594. The number of carbonyl (C=O) groups excluding carboxylic acids is 2. The summed E-state index contributed by atoms with van der Waals surface area (Å²) in [4.78, 5) is 23.8. The van der Waals surface area contributed by atoms with Crippen LogP contribution in [0.5, 0.6) is 23.0 Å². The zero-order valence-corrected chi connectivity index (χ0v) is 26.6. The molecule has 2 aromatic carbocycles. The Morgan fingerprint density at radius 1 is 0.651 bits per heavy atom. The second-order valence-electron chi connectivity index (χ2n) is 9.81. The third-order valence-corrected chi connectivity index (χ3v) is 7.90. The van der Waals surface area contributed by atoms with Gasteiger partial charge in [-0.2, -0.15) is 0 Å². The molecule has 0 spiro atoms. The number of Topliss-reactive ketones (excluding diaryl/α,β-unsaturated/α-hetero) is 2. The number of alkyl halides is 1. The highest BCUT2D eigenvalue weighted by Gasteiger charge is 2.31. The summed E-state index contributed by atoms with van der Waals surface area (Å²) in [7, 11) is 6.40. The third kappa shape index (κ3) is 12.7. The summed E-state index contributed by atoms with van der Waals surface area (Å²) in [6.45, 7) is 4.41. The number of rotatable bonds is 11. The first-order valence-electron chi connectivity index (χ1n) is 14.0. The summed E-state index contributed by atoms with van der Waals surface area (Å²) in [5, 5.41) is 0. The zero-order valence-electron chi connectivity index (χ0n) is 24.5. The topological polar surface area (TPSA) is 71.1 Å². The van der Waals surface area contributed by atoms with Gasteiger partial charge >= 0.3 is 0 Å². The van der Waals surface area contributed by atoms with Gasteiger partial charge in [-0.05, 0) is 65.5 Å². The molecule has 7 heteroatoms. The molecule has 0 bridgehead atoms. The van der Waals surface area contributed by atoms with E-state index in [4.69, 9.17) is 18.9 Å². The van der Waals surface area contributed by atoms with Crippen LogP contribution < -0.4 is 18.9 Å². The average molecular weight is 717 g/mol. The standard InChI is InChI=1S/C16H22O3.C11H12O3.C5H11I.4CH4/c1-4-5-6-7-11-8-12-9-14(18-2)15(19-3)10-13(12)16(11)17;1-13-10-5-7-3-4-9(12)8(7)6-11(10)14-2;1-2-3-4-5-6;;;;/h9-11H,4-8H2,1-3H3;5-6H,3-4H2,1-2H3;2-5H2,1H3;4*1H4. The molecule has 0 aromatic heterocycles. The predicted molar refractivity (Wildman–Crippen MR) is 193 cm³/mol. The van der Waals surface area contributed by atoms with Crippen molar-refractivity contribution >= 4 is 34.2 Å². The lowest BCUT2D eigenvalue weighted by Crippen LogP contribution is -2.08. The van der Waals surface area contributed by atoms with E-state index in [2.05, 4.69) is 36.4 Å². The molecule has 0 aliphatic heterocycles. The van der Waals surface area contributed by atoms with E-state index in [-0.39, 0.29) is 47.2 Å². The summed E-state index contributed by atoms with van der Waals surface area (Å²) in [6.07, 6.45) is 10.9. The Bertz CT molecular complexity index is 1080. The molecule has 43 heavy (non-hydrogen) atoms. The molecule has 0 amide bonds. The number of unbranched alkanes of at least 4 members (excludes halogenated alkanes) is 4. The van der Waals surface area contributed by atoms with Crippen LogP contribution >= 0.6 is 22.6 Å². The molecular formula is C36H61IO6. The number of fused-ring (bicyclic) bond motifs is 2. The van der Waals surface area contributed by atoms with E-state index >= 15 is 0 Å². The average Bonchev–Trinajstić information content (AvgIpc) is 3.48. The second kappa shape index (κ2) is 24.1. The number of hydrogen-bond donors (Lipinski definition) is 0. The third-order valence-electron chi connectivity index (χ3n) is 7.14. The van der Waals surface area contributed by atoms with Crippen molar-refractivity contribution in [1.82, 2.24) is 0 Å². The maximum absolute atomic E-state index is 12.4. The molecule has 0 saturated carbocycles. The van der Waals surface area contributed by atoms with Crippen molar-refractivity contribution in [2.45, 2.75) is 108 Å². The monoisotopic (exact) mass is 716 g/mol. The molecule has 1 unspecified atom stereocenters. The van der Waals surface area contributed by atoms with Crippen molar-refractivity contribution in [1.29, 1.82) is 0 Å². The molecule has 0 fully saturated rings. The largest absolute Gasteiger partial charge is 0.493 e. The molecule has 2 aliphatic rings. The molecule has 248 valence electrons. The van der Waals surface area contributed by atoms with Crippen LogP contribution in [-0.2, 0) is 12.8 Å². The van der Waals surface area contributed by atoms with E-state index in [1.165, 1.54) is 36.5 Å². The van der Waals surface area contributed by atoms with Crippen LogP contribution in [0.1, 0.15) is 127 Å². The quantitative estimate of drug-likeness (QED) is 0.131. The van der Waals surface area contributed by atoms with Crippen molar-refractivity contribution in [2.24, 2.45) is 5.92 Å². The lowest BCUT2D eigenvalue weighted by molar-refractivity contribution is 0.0928. The van der Waals surface area contributed by atoms with E-state index in [1.807, 2.05) is 18.2 Å². The van der Waals surface area contributed by atoms with Crippen LogP contribution in [0.15, 0.2) is 24.3 Å². The van der Waals surface area contributed by atoms with Gasteiger partial charge in [-0.25, -0.2) is 0 Å². The van der Waals surface area contributed by atoms with Gasteiger partial charge in [0.15, 0.2) is 34.6 Å². The molecule has 4 rings (SSSR count). The first-order valence-corrected chi connectivity index (χ1v) is 15.5. The van der Waals surface area contributed by atoms with E-state index in [1.54, 1.807) is 34.5 Å². The smallest absolute Gasteiger partial charge is 0.166 e. The van der Waals surface area contributed by atoms with Crippen molar-refractivity contribution in [3.05, 3.63) is 46.5 Å². The van der Waals surface area contributed by atoms with Crippen LogP contribution in [0.4, 0.5) is 0 Å². The molecule has 1 atom stereocenters. The zero-order chi connectivity index (χ0) is 28.8. The SMILES string of the molecule is C.C.C.C.CCCCCC1Cc2cc(OC)c(OC)cc2C1=O.CCCCCI.COc1cc2c(cc1OC)C(=O)CC2. The van der Waals surface area contributed by atoms with E-state index in [0.29, 0.717) is 29.4 Å². The minimum atomic E-state index is 0. The maximum Gasteiger partial charge on any atom is 0.166 e. The molecule has 0 saturated heterocycles. The molecule has 2 aromatic rings. The summed E-state index contributed by atoms with van der Waals surface area (Å²) >= 11 is 2.41. The van der Waals surface area contributed by atoms with Gasteiger partial charge in [0.05, 0.1) is 28.4 Å². The van der Waals surface area contributed by atoms with E-state index < -0.39 is 0 Å². The highest BCUT2D eigenvalue weighted by atomic mass is 127. The number of methoxy groups -OCH3 is 4. The van der Waals surface area contributed by atoms with Gasteiger partial charge in [0.25, 0.3) is 0 Å². The minimum absolute atomic E-state index is 0. The Labute approximate surface area is 277 Å². The Morgan fingerprint density at radius 2 is 1.12 bits per heavy atom. The van der Waals surface area contributed by atoms with Crippen molar-refractivity contribution < 1.29 is 28.5 Å². The lowest BCUT2D eigenvalue weighted by Gasteiger charge is -2.09. The van der Waals surface area contributed by atoms with Crippen LogP contribution in [0, 0.1) is 5.92 Å². The number of ether oxygens (including phenoxy) is 4. The number of benzene rings is 2. The van der Waals surface area contributed by atoms with Gasteiger partial charge in [0.1, 0.15) is 0 Å². The fourth-order valence-corrected chi connectivity index (χ4v) is 5.43. The fraction of sp³-hybridized carbons (Fsp3) is 0.611. The summed E-state index contributed by atoms with van der Waals surface area (Å²) in [6, 6.07) is 7.44.